The number of hydrogen-bond donors (Lipinski definition) is 3. The highest BCUT2D eigenvalue weighted by Crippen LogP contribution is 2.41. The number of hydrogen-bond acceptors (Lipinski definition) is 12. The zero-order valence-electron chi connectivity index (χ0n) is 24.0. The quantitative estimate of drug-likeness (QED) is 0.118. The average molecular weight is 724 g/mol. The number of carbonyl (C=O) groups is 3. The fourth-order valence-electron chi connectivity index (χ4n) is 5.37. The number of thioether (sulfide) groups is 2. The first-order valence-corrected chi connectivity index (χ1v) is 17.7. The van der Waals surface area contributed by atoms with Crippen molar-refractivity contribution in [3.8, 4) is 0 Å². The molecule has 3 aliphatic rings. The highest BCUT2D eigenvalue weighted by Gasteiger charge is 2.54. The second-order valence-electron chi connectivity index (χ2n) is 10.6. The molecular weight excluding hydrogens is 700 g/mol. The van der Waals surface area contributed by atoms with E-state index in [4.69, 9.17) is 10.6 Å². The minimum absolute atomic E-state index is 0.136. The Morgan fingerprint density at radius 3 is 2.68 bits per heavy atom. The topological polar surface area (TPSA) is 164 Å². The molecule has 1 unspecified atom stereocenters. The molecule has 1 saturated carbocycles. The number of β-lactam (4-membered cyclic amide) rings is 1. The van der Waals surface area contributed by atoms with Crippen molar-refractivity contribution in [3.63, 3.8) is 0 Å². The van der Waals surface area contributed by atoms with Gasteiger partial charge in [0.05, 0.1) is 15.2 Å². The Morgan fingerprint density at radius 1 is 1.23 bits per heavy atom. The van der Waals surface area contributed by atoms with Crippen molar-refractivity contribution in [3.05, 3.63) is 73.9 Å². The van der Waals surface area contributed by atoms with Crippen LogP contribution in [0.15, 0.2) is 66.6 Å². The molecule has 1 aromatic carbocycles. The number of nitrogen functional groups attached to an aromatic ring is 1. The molecule has 1 aliphatic carbocycles. The molecule has 2 atom stereocenters. The first-order valence-electron chi connectivity index (χ1n) is 14.1. The van der Waals surface area contributed by atoms with Gasteiger partial charge in [0.2, 0.25) is 0 Å². The summed E-state index contributed by atoms with van der Waals surface area (Å²) in [6.07, 6.45) is 0.257. The van der Waals surface area contributed by atoms with Crippen molar-refractivity contribution in [1.29, 1.82) is 0 Å². The number of fused-ring (bicyclic) bond motifs is 2. The number of thiazole rings is 1. The number of benzene rings is 1. The maximum atomic E-state index is 13.4. The van der Waals surface area contributed by atoms with Crippen LogP contribution in [0.5, 0.6) is 0 Å². The Kier molecular flexibility index (Phi) is 9.37. The summed E-state index contributed by atoms with van der Waals surface area (Å²) in [6, 6.07) is 3.60. The van der Waals surface area contributed by atoms with E-state index in [1.165, 1.54) is 35.4 Å². The molecule has 18 heteroatoms. The van der Waals surface area contributed by atoms with Crippen molar-refractivity contribution in [2.75, 3.05) is 11.5 Å². The maximum absolute atomic E-state index is 13.4. The average Bonchev–Trinajstić information content (AvgIpc) is 3.70. The summed E-state index contributed by atoms with van der Waals surface area (Å²) in [5.74, 6) is -2.52. The zero-order chi connectivity index (χ0) is 33.5. The number of halogens is 3. The van der Waals surface area contributed by atoms with E-state index in [-0.39, 0.29) is 38.8 Å². The number of alkyl halides is 3. The van der Waals surface area contributed by atoms with E-state index in [9.17, 15) is 37.5 Å². The molecule has 2 aromatic heterocycles. The van der Waals surface area contributed by atoms with Crippen molar-refractivity contribution in [2.24, 2.45) is 5.16 Å². The summed E-state index contributed by atoms with van der Waals surface area (Å²) >= 11 is 4.39. The number of amides is 2. The molecule has 2 amide bonds. The SMILES string of the molecule is Nc1nc(/C(=N/OC2CCCC2)C(=O)NC2C(=O)N3C(C(=O)O)=C(/C=C/Sc4cc(=O)c5c(C(F)(F)F)cccc5s4)CS[C@H]23)cs1. The Hall–Kier alpha value is -3.87. The third-order valence-electron chi connectivity index (χ3n) is 7.55. The van der Waals surface area contributed by atoms with Gasteiger partial charge >= 0.3 is 12.1 Å². The van der Waals surface area contributed by atoms with Gasteiger partial charge in [0.15, 0.2) is 16.3 Å². The van der Waals surface area contributed by atoms with Crippen LogP contribution in [-0.2, 0) is 25.4 Å². The molecule has 0 bridgehead atoms. The number of oxime groups is 1. The normalized spacial score (nSPS) is 20.5. The Balaban J connectivity index is 1.17. The van der Waals surface area contributed by atoms with Crippen LogP contribution in [0.25, 0.3) is 10.1 Å². The summed E-state index contributed by atoms with van der Waals surface area (Å²) < 4.78 is 40.8. The molecule has 4 N–H and O–H groups in total. The lowest BCUT2D eigenvalue weighted by atomic mass is 10.0. The molecule has 4 heterocycles. The smallest absolute Gasteiger partial charge is 0.417 e. The minimum atomic E-state index is -4.68. The predicted molar refractivity (Wildman–Crippen MR) is 174 cm³/mol. The Labute approximate surface area is 280 Å². The molecule has 2 fully saturated rings. The number of rotatable bonds is 9. The molecule has 0 spiro atoms. The maximum Gasteiger partial charge on any atom is 0.417 e. The van der Waals surface area contributed by atoms with Crippen LogP contribution in [0, 0.1) is 0 Å². The van der Waals surface area contributed by atoms with Gasteiger partial charge in [-0.25, -0.2) is 9.78 Å². The number of nitrogens with zero attached hydrogens (tertiary/aromatic N) is 3. The Morgan fingerprint density at radius 2 is 2.00 bits per heavy atom. The van der Waals surface area contributed by atoms with Gasteiger partial charge in [-0.2, -0.15) is 13.2 Å². The van der Waals surface area contributed by atoms with E-state index in [1.807, 2.05) is 0 Å². The number of nitrogens with one attached hydrogen (secondary N) is 1. The fraction of sp³-hybridized carbons (Fsp3) is 0.310. The predicted octanol–water partition coefficient (Wildman–Crippen LogP) is 5.03. The summed E-state index contributed by atoms with van der Waals surface area (Å²) in [5.41, 5.74) is 4.07. The fourth-order valence-corrected chi connectivity index (χ4v) is 9.25. The lowest BCUT2D eigenvalue weighted by molar-refractivity contribution is -0.150. The van der Waals surface area contributed by atoms with Crippen molar-refractivity contribution in [2.45, 2.75) is 53.6 Å². The second kappa shape index (κ2) is 13.3. The van der Waals surface area contributed by atoms with Crippen molar-refractivity contribution >= 4 is 84.9 Å². The van der Waals surface area contributed by atoms with Gasteiger partial charge in [-0.05, 0) is 54.9 Å². The van der Waals surface area contributed by atoms with E-state index in [1.54, 1.807) is 5.38 Å². The molecule has 0 radical (unpaired) electrons. The van der Waals surface area contributed by atoms with Crippen LogP contribution in [0.4, 0.5) is 18.3 Å². The van der Waals surface area contributed by atoms with E-state index >= 15 is 0 Å². The van der Waals surface area contributed by atoms with E-state index in [0.717, 1.165) is 77.2 Å². The van der Waals surface area contributed by atoms with Crippen LogP contribution in [-0.4, -0.2) is 61.8 Å². The Bertz CT molecular complexity index is 1920. The first-order chi connectivity index (χ1) is 22.4. The summed E-state index contributed by atoms with van der Waals surface area (Å²) in [7, 11) is 0. The first kappa shape index (κ1) is 33.0. The van der Waals surface area contributed by atoms with Gasteiger partial charge in [0, 0.05) is 21.9 Å². The second-order valence-corrected chi connectivity index (χ2v) is 14.9. The number of carboxylic acids is 1. The molecule has 11 nitrogen and oxygen atoms in total. The molecular formula is C29H24F3N5O6S4. The minimum Gasteiger partial charge on any atom is -0.477 e. The van der Waals surface area contributed by atoms with E-state index < -0.39 is 51.8 Å². The zero-order valence-corrected chi connectivity index (χ0v) is 27.2. The lowest BCUT2D eigenvalue weighted by Gasteiger charge is -2.49. The van der Waals surface area contributed by atoms with Crippen LogP contribution < -0.4 is 16.5 Å². The highest BCUT2D eigenvalue weighted by atomic mass is 32.2. The van der Waals surface area contributed by atoms with Crippen LogP contribution in [0.3, 0.4) is 0 Å². The molecule has 3 aromatic rings. The monoisotopic (exact) mass is 723 g/mol. The van der Waals surface area contributed by atoms with Gasteiger partial charge < -0.3 is 21.0 Å². The summed E-state index contributed by atoms with van der Waals surface area (Å²) in [4.78, 5) is 62.3. The summed E-state index contributed by atoms with van der Waals surface area (Å²) in [5, 5.41) is 18.9. The lowest BCUT2D eigenvalue weighted by Crippen LogP contribution is -2.71. The van der Waals surface area contributed by atoms with Crippen molar-refractivity contribution < 1.29 is 37.5 Å². The number of aromatic nitrogens is 1. The number of carbonyl (C=O) groups excluding carboxylic acids is 2. The van der Waals surface area contributed by atoms with Gasteiger partial charge in [0.25, 0.3) is 11.8 Å². The number of carboxylic acid groups (broad SMARTS) is 1. The molecule has 47 heavy (non-hydrogen) atoms. The highest BCUT2D eigenvalue weighted by molar-refractivity contribution is 8.04. The molecule has 1 saturated heterocycles. The van der Waals surface area contributed by atoms with Gasteiger partial charge in [-0.1, -0.05) is 23.0 Å². The van der Waals surface area contributed by atoms with Crippen LogP contribution >= 0.6 is 46.2 Å². The summed E-state index contributed by atoms with van der Waals surface area (Å²) in [6.45, 7) is 0. The van der Waals surface area contributed by atoms with Gasteiger partial charge in [-0.15, -0.1) is 34.4 Å². The number of allylic oxidation sites excluding steroid dienone is 1. The van der Waals surface area contributed by atoms with Gasteiger partial charge in [0.1, 0.15) is 28.9 Å². The van der Waals surface area contributed by atoms with Gasteiger partial charge in [-0.3, -0.25) is 19.3 Å². The molecule has 246 valence electrons. The van der Waals surface area contributed by atoms with Crippen molar-refractivity contribution in [1.82, 2.24) is 15.2 Å². The molecule has 6 rings (SSSR count). The van der Waals surface area contributed by atoms with Crippen LogP contribution in [0.2, 0.25) is 0 Å². The van der Waals surface area contributed by atoms with E-state index in [0.29, 0.717) is 9.78 Å². The molecule has 2 aliphatic heterocycles. The third kappa shape index (κ3) is 6.77. The standard InChI is InChI=1S/C29H24F3N5O6S4/c30-29(31,32)15-6-3-7-18-20(15)17(38)10-19(47-18)44-9-8-13-11-45-26-22(25(40)37(26)23(13)27(41)42)35-24(39)21(16-12-46-28(33)34-16)36-43-14-4-1-2-5-14/h3,6-10,12,14,22,26H,1-2,4-5,11H2,(H2,33,34)(H,35,39)(H,41,42)/b9-8+,36-21-/t22?,26-/m1/s1. The van der Waals surface area contributed by atoms with E-state index in [2.05, 4.69) is 15.5 Å². The largest absolute Gasteiger partial charge is 0.477 e. The number of anilines is 1. The third-order valence-corrected chi connectivity index (χ3v) is 11.6. The number of aliphatic carboxylic acids is 1. The van der Waals surface area contributed by atoms with Crippen LogP contribution in [0.1, 0.15) is 36.9 Å². The number of nitrogens with two attached hydrogens (primary N) is 1.